The zero-order valence-electron chi connectivity index (χ0n) is 18.9. The Bertz CT molecular complexity index is 961. The molecule has 33 heavy (non-hydrogen) atoms. The SMILES string of the molecule is Cc1ccc(CN2CC[C@@H](Nc3ncc(/C=C/C(=O)NOC4CCCCO4)cc3Cl)C2)cc1. The second-order valence-electron chi connectivity index (χ2n) is 8.66. The van der Waals surface area contributed by atoms with E-state index in [9.17, 15) is 4.79 Å². The molecule has 1 unspecified atom stereocenters. The number of hydrogen-bond donors (Lipinski definition) is 2. The van der Waals surface area contributed by atoms with Crippen molar-refractivity contribution in [3.8, 4) is 0 Å². The summed E-state index contributed by atoms with van der Waals surface area (Å²) < 4.78 is 5.42. The van der Waals surface area contributed by atoms with Crippen molar-refractivity contribution >= 4 is 29.4 Å². The molecule has 0 saturated carbocycles. The fourth-order valence-electron chi connectivity index (χ4n) is 4.02. The van der Waals surface area contributed by atoms with Crippen molar-refractivity contribution in [1.29, 1.82) is 0 Å². The molecule has 0 aliphatic carbocycles. The number of nitrogens with one attached hydrogen (secondary N) is 2. The Morgan fingerprint density at radius 2 is 2.15 bits per heavy atom. The van der Waals surface area contributed by atoms with E-state index in [4.69, 9.17) is 21.2 Å². The minimum atomic E-state index is -0.374. The van der Waals surface area contributed by atoms with Gasteiger partial charge in [-0.25, -0.2) is 15.3 Å². The van der Waals surface area contributed by atoms with Crippen LogP contribution in [0.2, 0.25) is 5.02 Å². The number of halogens is 1. The molecule has 8 heteroatoms. The molecule has 0 radical (unpaired) electrons. The van der Waals surface area contributed by atoms with E-state index in [0.717, 1.165) is 50.9 Å². The smallest absolute Gasteiger partial charge is 0.267 e. The van der Waals surface area contributed by atoms with Crippen LogP contribution < -0.4 is 10.8 Å². The molecule has 2 aromatic rings. The predicted octanol–water partition coefficient (Wildman–Crippen LogP) is 4.32. The molecular weight excluding hydrogens is 440 g/mol. The second-order valence-corrected chi connectivity index (χ2v) is 9.07. The number of ether oxygens (including phenoxy) is 1. The molecule has 2 aliphatic rings. The lowest BCUT2D eigenvalue weighted by molar-refractivity contribution is -0.198. The summed E-state index contributed by atoms with van der Waals surface area (Å²) in [5.74, 6) is 0.306. The van der Waals surface area contributed by atoms with E-state index in [-0.39, 0.29) is 12.2 Å². The number of aromatic nitrogens is 1. The number of anilines is 1. The maximum Gasteiger partial charge on any atom is 0.267 e. The number of amides is 1. The minimum Gasteiger partial charge on any atom is -0.365 e. The molecule has 4 rings (SSSR count). The molecule has 2 N–H and O–H groups in total. The summed E-state index contributed by atoms with van der Waals surface area (Å²) in [4.78, 5) is 24.1. The topological polar surface area (TPSA) is 75.7 Å². The van der Waals surface area contributed by atoms with Gasteiger partial charge in [-0.3, -0.25) is 9.69 Å². The van der Waals surface area contributed by atoms with Crippen molar-refractivity contribution < 1.29 is 14.4 Å². The molecule has 1 aromatic heterocycles. The van der Waals surface area contributed by atoms with E-state index in [1.54, 1.807) is 18.3 Å². The van der Waals surface area contributed by atoms with Crippen molar-refractivity contribution in [3.63, 3.8) is 0 Å². The van der Waals surface area contributed by atoms with Crippen LogP contribution >= 0.6 is 11.6 Å². The lowest BCUT2D eigenvalue weighted by atomic mass is 10.1. The number of carbonyl (C=O) groups excluding carboxylic acids is 1. The minimum absolute atomic E-state index is 0.298. The van der Waals surface area contributed by atoms with Crippen molar-refractivity contribution in [1.82, 2.24) is 15.4 Å². The number of aryl methyl sites for hydroxylation is 1. The van der Waals surface area contributed by atoms with Gasteiger partial charge in [0, 0.05) is 51.0 Å². The summed E-state index contributed by atoms with van der Waals surface area (Å²) in [5.41, 5.74) is 5.75. The molecule has 7 nitrogen and oxygen atoms in total. The Morgan fingerprint density at radius 3 is 2.91 bits per heavy atom. The molecule has 1 aromatic carbocycles. The Hall–Kier alpha value is -2.45. The zero-order valence-corrected chi connectivity index (χ0v) is 19.7. The standard InChI is InChI=1S/C25H31ClN4O3/c1-18-5-7-19(8-6-18)16-30-12-11-21(17-30)28-25-22(26)14-20(15-27-25)9-10-23(31)29-33-24-4-2-3-13-32-24/h5-10,14-15,21,24H,2-4,11-13,16-17H2,1H3,(H,27,28)(H,29,31)/b10-9+/t21-,24?/m1/s1. The van der Waals surface area contributed by atoms with Gasteiger partial charge in [0.15, 0.2) is 6.29 Å². The highest BCUT2D eigenvalue weighted by Gasteiger charge is 2.23. The number of hydrogen-bond acceptors (Lipinski definition) is 6. The van der Waals surface area contributed by atoms with E-state index in [2.05, 4.69) is 51.9 Å². The number of hydroxylamine groups is 1. The molecule has 2 atom stereocenters. The van der Waals surface area contributed by atoms with Gasteiger partial charge in [0.1, 0.15) is 5.82 Å². The van der Waals surface area contributed by atoms with Crippen molar-refractivity contribution in [2.45, 2.75) is 51.5 Å². The van der Waals surface area contributed by atoms with Crippen LogP contribution in [0, 0.1) is 6.92 Å². The Balaban J connectivity index is 1.24. The maximum absolute atomic E-state index is 12.0. The van der Waals surface area contributed by atoms with Crippen molar-refractivity contribution in [2.75, 3.05) is 25.0 Å². The number of carbonyl (C=O) groups is 1. The van der Waals surface area contributed by atoms with Gasteiger partial charge in [-0.15, -0.1) is 0 Å². The third-order valence-corrected chi connectivity index (χ3v) is 6.15. The molecule has 2 aliphatic heterocycles. The van der Waals surface area contributed by atoms with E-state index in [1.165, 1.54) is 17.2 Å². The van der Waals surface area contributed by atoms with Gasteiger partial charge in [-0.2, -0.15) is 0 Å². The van der Waals surface area contributed by atoms with Gasteiger partial charge in [-0.1, -0.05) is 41.4 Å². The normalized spacial score (nSPS) is 21.4. The van der Waals surface area contributed by atoms with Crippen LogP contribution in [0.4, 0.5) is 5.82 Å². The van der Waals surface area contributed by atoms with Crippen LogP contribution in [0.25, 0.3) is 6.08 Å². The molecule has 2 fully saturated rings. The van der Waals surface area contributed by atoms with Crippen LogP contribution in [-0.4, -0.2) is 47.8 Å². The monoisotopic (exact) mass is 470 g/mol. The lowest BCUT2D eigenvalue weighted by Crippen LogP contribution is -2.32. The van der Waals surface area contributed by atoms with Crippen molar-refractivity contribution in [3.05, 3.63) is 64.3 Å². The zero-order chi connectivity index (χ0) is 23.0. The van der Waals surface area contributed by atoms with Gasteiger partial charge in [0.25, 0.3) is 5.91 Å². The third-order valence-electron chi connectivity index (χ3n) is 5.86. The quantitative estimate of drug-likeness (QED) is 0.442. The highest BCUT2D eigenvalue weighted by atomic mass is 35.5. The van der Waals surface area contributed by atoms with Gasteiger partial charge >= 0.3 is 0 Å². The summed E-state index contributed by atoms with van der Waals surface area (Å²) in [6, 6.07) is 10.8. The lowest BCUT2D eigenvalue weighted by Gasteiger charge is -2.21. The summed E-state index contributed by atoms with van der Waals surface area (Å²) >= 11 is 6.45. The van der Waals surface area contributed by atoms with Crippen LogP contribution in [-0.2, 0) is 20.9 Å². The average Bonchev–Trinajstić information content (AvgIpc) is 3.27. The summed E-state index contributed by atoms with van der Waals surface area (Å²) in [7, 11) is 0. The number of benzene rings is 1. The summed E-state index contributed by atoms with van der Waals surface area (Å²) in [6.45, 7) is 5.69. The summed E-state index contributed by atoms with van der Waals surface area (Å²) in [5, 5.41) is 3.99. The van der Waals surface area contributed by atoms with Crippen LogP contribution in [0.5, 0.6) is 0 Å². The average molecular weight is 471 g/mol. The van der Waals surface area contributed by atoms with Crippen molar-refractivity contribution in [2.24, 2.45) is 0 Å². The first-order valence-electron chi connectivity index (χ1n) is 11.5. The van der Waals surface area contributed by atoms with E-state index >= 15 is 0 Å². The van der Waals surface area contributed by atoms with E-state index in [1.807, 2.05) is 0 Å². The molecule has 3 heterocycles. The van der Waals surface area contributed by atoms with Gasteiger partial charge < -0.3 is 10.1 Å². The van der Waals surface area contributed by atoms with Crippen LogP contribution in [0.1, 0.15) is 42.4 Å². The molecule has 1 amide bonds. The molecule has 0 bridgehead atoms. The maximum atomic E-state index is 12.0. The van der Waals surface area contributed by atoms with E-state index < -0.39 is 0 Å². The number of likely N-dealkylation sites (tertiary alicyclic amines) is 1. The number of nitrogens with zero attached hydrogens (tertiary/aromatic N) is 2. The van der Waals surface area contributed by atoms with Gasteiger partial charge in [0.05, 0.1) is 5.02 Å². The van der Waals surface area contributed by atoms with E-state index in [0.29, 0.717) is 23.5 Å². The molecular formula is C25H31ClN4O3. The first kappa shape index (κ1) is 23.7. The third kappa shape index (κ3) is 7.27. The highest BCUT2D eigenvalue weighted by molar-refractivity contribution is 6.33. The Labute approximate surface area is 200 Å². The van der Waals surface area contributed by atoms with Gasteiger partial charge in [0.2, 0.25) is 0 Å². The number of rotatable bonds is 8. The van der Waals surface area contributed by atoms with Crippen LogP contribution in [0.3, 0.4) is 0 Å². The predicted molar refractivity (Wildman–Crippen MR) is 130 cm³/mol. The first-order chi connectivity index (χ1) is 16.0. The largest absolute Gasteiger partial charge is 0.365 e. The van der Waals surface area contributed by atoms with Crippen LogP contribution in [0.15, 0.2) is 42.6 Å². The fourth-order valence-corrected chi connectivity index (χ4v) is 4.25. The summed E-state index contributed by atoms with van der Waals surface area (Å²) in [6.07, 6.45) is 8.25. The first-order valence-corrected chi connectivity index (χ1v) is 11.9. The second kappa shape index (κ2) is 11.6. The molecule has 2 saturated heterocycles. The molecule has 176 valence electrons. The number of pyridine rings is 1. The molecule has 0 spiro atoms. The highest BCUT2D eigenvalue weighted by Crippen LogP contribution is 2.24. The Morgan fingerprint density at radius 1 is 1.30 bits per heavy atom. The van der Waals surface area contributed by atoms with Gasteiger partial charge in [-0.05, 0) is 49.5 Å². The fraction of sp³-hybridized carbons (Fsp3) is 0.440. The Kier molecular flexibility index (Phi) is 8.34.